The highest BCUT2D eigenvalue weighted by Crippen LogP contribution is 2.29. The fourth-order valence-electron chi connectivity index (χ4n) is 2.02. The predicted molar refractivity (Wildman–Crippen MR) is 74.6 cm³/mol. The van der Waals surface area contributed by atoms with Crippen LogP contribution in [0.15, 0.2) is 42.5 Å². The van der Waals surface area contributed by atoms with Crippen LogP contribution in [0.25, 0.3) is 0 Å². The number of benzene rings is 2. The number of nitriles is 1. The minimum absolute atomic E-state index is 0.284. The van der Waals surface area contributed by atoms with E-state index < -0.39 is 11.7 Å². The van der Waals surface area contributed by atoms with Gasteiger partial charge in [-0.1, -0.05) is 47.5 Å². The molecule has 96 valence electrons. The van der Waals surface area contributed by atoms with Gasteiger partial charge in [0.25, 0.3) is 0 Å². The number of hydrogen-bond acceptors (Lipinski definition) is 1. The maximum atomic E-state index is 13.8. The van der Waals surface area contributed by atoms with Crippen molar-refractivity contribution >= 4 is 11.6 Å². The lowest BCUT2D eigenvalue weighted by molar-refractivity contribution is 0.600. The molecule has 1 unspecified atom stereocenters. The normalized spacial score (nSPS) is 11.9. The van der Waals surface area contributed by atoms with Crippen molar-refractivity contribution < 1.29 is 4.39 Å². The Hall–Kier alpha value is -1.85. The van der Waals surface area contributed by atoms with Crippen molar-refractivity contribution in [3.63, 3.8) is 0 Å². The second-order valence-electron chi connectivity index (χ2n) is 4.51. The molecule has 0 spiro atoms. The summed E-state index contributed by atoms with van der Waals surface area (Å²) in [4.78, 5) is 0. The zero-order valence-corrected chi connectivity index (χ0v) is 11.3. The molecule has 0 saturated heterocycles. The van der Waals surface area contributed by atoms with Crippen LogP contribution in [-0.4, -0.2) is 0 Å². The molecule has 0 aromatic heterocycles. The van der Waals surface area contributed by atoms with E-state index in [1.807, 2.05) is 31.2 Å². The van der Waals surface area contributed by atoms with E-state index in [-0.39, 0.29) is 5.56 Å². The molecule has 0 N–H and O–H groups in total. The first-order chi connectivity index (χ1) is 9.11. The van der Waals surface area contributed by atoms with Gasteiger partial charge in [-0.05, 0) is 31.0 Å². The van der Waals surface area contributed by atoms with E-state index in [0.717, 1.165) is 11.1 Å². The first kappa shape index (κ1) is 13.6. The Kier molecular flexibility index (Phi) is 4.19. The molecular weight excluding hydrogens is 261 g/mol. The fourth-order valence-corrected chi connectivity index (χ4v) is 2.31. The van der Waals surface area contributed by atoms with Crippen LogP contribution in [0, 0.1) is 24.1 Å². The summed E-state index contributed by atoms with van der Waals surface area (Å²) in [5.41, 5.74) is 2.44. The number of aryl methyl sites for hydroxylation is 1. The van der Waals surface area contributed by atoms with E-state index >= 15 is 0 Å². The second-order valence-corrected chi connectivity index (χ2v) is 4.91. The van der Waals surface area contributed by atoms with Crippen LogP contribution in [-0.2, 0) is 6.42 Å². The van der Waals surface area contributed by atoms with Crippen molar-refractivity contribution in [2.24, 2.45) is 0 Å². The summed E-state index contributed by atoms with van der Waals surface area (Å²) in [7, 11) is 0. The van der Waals surface area contributed by atoms with E-state index in [2.05, 4.69) is 6.07 Å². The van der Waals surface area contributed by atoms with Crippen molar-refractivity contribution in [2.75, 3.05) is 0 Å². The van der Waals surface area contributed by atoms with Gasteiger partial charge in [-0.25, -0.2) is 4.39 Å². The largest absolute Gasteiger partial charge is 0.207 e. The SMILES string of the molecule is Cc1ccc(CC(C#N)c2c(F)cccc2Cl)cc1. The maximum absolute atomic E-state index is 13.8. The Balaban J connectivity index is 2.31. The Labute approximate surface area is 117 Å². The summed E-state index contributed by atoms with van der Waals surface area (Å²) >= 11 is 6.00. The molecule has 2 aromatic carbocycles. The highest BCUT2D eigenvalue weighted by molar-refractivity contribution is 6.31. The van der Waals surface area contributed by atoms with Gasteiger partial charge in [-0.15, -0.1) is 0 Å². The molecule has 0 aliphatic carbocycles. The smallest absolute Gasteiger partial charge is 0.129 e. The number of nitrogens with zero attached hydrogens (tertiary/aromatic N) is 1. The Bertz CT molecular complexity index is 593. The Morgan fingerprint density at radius 3 is 2.47 bits per heavy atom. The first-order valence-electron chi connectivity index (χ1n) is 6.01. The lowest BCUT2D eigenvalue weighted by atomic mass is 9.92. The zero-order chi connectivity index (χ0) is 13.8. The third kappa shape index (κ3) is 3.13. The van der Waals surface area contributed by atoms with Gasteiger partial charge < -0.3 is 0 Å². The summed E-state index contributed by atoms with van der Waals surface area (Å²) in [5.74, 6) is -0.998. The zero-order valence-electron chi connectivity index (χ0n) is 10.5. The summed E-state index contributed by atoms with van der Waals surface area (Å²) in [6.45, 7) is 2.00. The summed E-state index contributed by atoms with van der Waals surface area (Å²) in [5, 5.41) is 9.57. The lowest BCUT2D eigenvalue weighted by Crippen LogP contribution is -2.04. The van der Waals surface area contributed by atoms with Gasteiger partial charge >= 0.3 is 0 Å². The van der Waals surface area contributed by atoms with Crippen LogP contribution >= 0.6 is 11.6 Å². The average molecular weight is 274 g/mol. The standard InChI is InChI=1S/C16H13ClFN/c1-11-5-7-12(8-6-11)9-13(10-19)16-14(17)3-2-4-15(16)18/h2-8,13H,9H2,1H3. The van der Waals surface area contributed by atoms with E-state index in [9.17, 15) is 9.65 Å². The van der Waals surface area contributed by atoms with Crippen LogP contribution in [0.1, 0.15) is 22.6 Å². The number of rotatable bonds is 3. The molecule has 0 amide bonds. The molecule has 1 atom stereocenters. The van der Waals surface area contributed by atoms with E-state index in [0.29, 0.717) is 11.4 Å². The van der Waals surface area contributed by atoms with E-state index in [1.54, 1.807) is 12.1 Å². The third-order valence-corrected chi connectivity index (χ3v) is 3.39. The van der Waals surface area contributed by atoms with Gasteiger partial charge in [0.1, 0.15) is 5.82 Å². The molecule has 0 bridgehead atoms. The molecule has 0 fully saturated rings. The molecule has 3 heteroatoms. The van der Waals surface area contributed by atoms with Gasteiger partial charge in [-0.2, -0.15) is 5.26 Å². The topological polar surface area (TPSA) is 23.8 Å². The van der Waals surface area contributed by atoms with Crippen molar-refractivity contribution in [3.8, 4) is 6.07 Å². The third-order valence-electron chi connectivity index (χ3n) is 3.06. The van der Waals surface area contributed by atoms with Crippen LogP contribution in [0.5, 0.6) is 0 Å². The molecule has 1 nitrogen and oxygen atoms in total. The first-order valence-corrected chi connectivity index (χ1v) is 6.38. The van der Waals surface area contributed by atoms with Crippen molar-refractivity contribution in [2.45, 2.75) is 19.3 Å². The molecular formula is C16H13ClFN. The van der Waals surface area contributed by atoms with Gasteiger partial charge in [-0.3, -0.25) is 0 Å². The van der Waals surface area contributed by atoms with Gasteiger partial charge in [0.2, 0.25) is 0 Å². The highest BCUT2D eigenvalue weighted by Gasteiger charge is 2.19. The van der Waals surface area contributed by atoms with Crippen LogP contribution in [0.2, 0.25) is 5.02 Å². The molecule has 2 aromatic rings. The van der Waals surface area contributed by atoms with Crippen molar-refractivity contribution in [3.05, 3.63) is 70.0 Å². The lowest BCUT2D eigenvalue weighted by Gasteiger charge is -2.12. The Morgan fingerprint density at radius 1 is 1.21 bits per heavy atom. The van der Waals surface area contributed by atoms with Crippen molar-refractivity contribution in [1.82, 2.24) is 0 Å². The monoisotopic (exact) mass is 273 g/mol. The maximum Gasteiger partial charge on any atom is 0.129 e. The highest BCUT2D eigenvalue weighted by atomic mass is 35.5. The molecule has 2 rings (SSSR count). The van der Waals surface area contributed by atoms with Crippen molar-refractivity contribution in [1.29, 1.82) is 5.26 Å². The van der Waals surface area contributed by atoms with Crippen LogP contribution < -0.4 is 0 Å². The van der Waals surface area contributed by atoms with Gasteiger partial charge in [0, 0.05) is 10.6 Å². The predicted octanol–water partition coefficient (Wildman–Crippen LogP) is 4.64. The molecule has 0 aliphatic heterocycles. The molecule has 0 saturated carbocycles. The Morgan fingerprint density at radius 2 is 1.89 bits per heavy atom. The quantitative estimate of drug-likeness (QED) is 0.799. The summed E-state index contributed by atoms with van der Waals surface area (Å²) < 4.78 is 13.8. The summed E-state index contributed by atoms with van der Waals surface area (Å²) in [6.07, 6.45) is 0.456. The second kappa shape index (κ2) is 5.86. The molecule has 0 aliphatic rings. The molecule has 19 heavy (non-hydrogen) atoms. The minimum atomic E-state index is -0.573. The van der Waals surface area contributed by atoms with Crippen LogP contribution in [0.3, 0.4) is 0 Å². The number of hydrogen-bond donors (Lipinski definition) is 0. The molecule has 0 radical (unpaired) electrons. The van der Waals surface area contributed by atoms with E-state index in [1.165, 1.54) is 6.07 Å². The summed E-state index contributed by atoms with van der Waals surface area (Å²) in [6, 6.07) is 14.5. The minimum Gasteiger partial charge on any atom is -0.207 e. The number of halogens is 2. The van der Waals surface area contributed by atoms with Crippen LogP contribution in [0.4, 0.5) is 4.39 Å². The van der Waals surface area contributed by atoms with Gasteiger partial charge in [0.15, 0.2) is 0 Å². The fraction of sp³-hybridized carbons (Fsp3) is 0.188. The molecule has 0 heterocycles. The average Bonchev–Trinajstić information content (AvgIpc) is 2.39. The van der Waals surface area contributed by atoms with Gasteiger partial charge in [0.05, 0.1) is 12.0 Å². The van der Waals surface area contributed by atoms with E-state index in [4.69, 9.17) is 11.6 Å².